The van der Waals surface area contributed by atoms with Gasteiger partial charge < -0.3 is 30.7 Å². The van der Waals surface area contributed by atoms with E-state index in [1.807, 2.05) is 44.2 Å². The van der Waals surface area contributed by atoms with Crippen molar-refractivity contribution >= 4 is 38.1 Å². The number of Topliss-reactive ketones (excluding diaryl/α,β-unsaturated/α-hetero) is 1. The van der Waals surface area contributed by atoms with E-state index in [1.54, 1.807) is 20.8 Å². The van der Waals surface area contributed by atoms with Crippen LogP contribution in [-0.2, 0) is 49.0 Å². The summed E-state index contributed by atoms with van der Waals surface area (Å²) in [5, 5.41) is 10.7. The number of epoxide rings is 1. The van der Waals surface area contributed by atoms with E-state index < -0.39 is 68.9 Å². The van der Waals surface area contributed by atoms with Crippen LogP contribution in [-0.4, -0.2) is 79.2 Å². The van der Waals surface area contributed by atoms with Gasteiger partial charge in [0.25, 0.3) is 0 Å². The molecule has 1 aromatic rings. The second kappa shape index (κ2) is 17.9. The number of amides is 4. The third kappa shape index (κ3) is 12.4. The molecular weight excluding hydrogens is 591 g/mol. The number of carbonyl (C=O) groups excluding carboxylic acids is 5. The number of hydrogen-bond acceptors (Lipinski definition) is 9. The molecule has 0 spiro atoms. The van der Waals surface area contributed by atoms with Crippen molar-refractivity contribution in [2.45, 2.75) is 90.6 Å². The summed E-state index contributed by atoms with van der Waals surface area (Å²) in [5.41, 5.74) is 0.0117. The molecule has 0 saturated carbocycles. The lowest BCUT2D eigenvalue weighted by Gasteiger charge is -2.28. The average Bonchev–Trinajstić information content (AvgIpc) is 3.72. The van der Waals surface area contributed by atoms with Gasteiger partial charge in [0, 0.05) is 6.92 Å². The molecule has 0 aliphatic carbocycles. The Morgan fingerprint density at radius 3 is 2.05 bits per heavy atom. The Morgan fingerprint density at radius 2 is 1.50 bits per heavy atom. The maximum Gasteiger partial charge on any atom is 0.329 e. The molecule has 13 nitrogen and oxygen atoms in total. The number of benzene rings is 1. The monoisotopic (exact) mass is 636 g/mol. The highest BCUT2D eigenvalue weighted by Crippen LogP contribution is 2.29. The van der Waals surface area contributed by atoms with Gasteiger partial charge in [-0.3, -0.25) is 28.5 Å². The van der Waals surface area contributed by atoms with Crippen LogP contribution in [0.15, 0.2) is 30.3 Å². The normalized spacial score (nSPS) is 18.6. The number of ether oxygens (including phenoxy) is 2. The first-order valence-corrected chi connectivity index (χ1v) is 15.4. The largest absolute Gasteiger partial charge is 0.361 e. The van der Waals surface area contributed by atoms with E-state index in [2.05, 4.69) is 25.8 Å². The van der Waals surface area contributed by atoms with Crippen molar-refractivity contribution in [1.82, 2.24) is 21.3 Å². The van der Waals surface area contributed by atoms with Gasteiger partial charge in [-0.2, -0.15) is 0 Å². The standard InChI is InChI=1S/C30H45N4O9P/c1-18(2)14-23(32-27(37)22(31-20(5)35)13-12-21-10-8-7-9-11-21)28(38)33-24(15-41-17-43-44-40)29(39)34-25(19(3)4)26(36)30(6)16-42-30/h7-11,18-19,22-25H,12-17H2,1-6H3,(H,31,35)(H,32,37)(H,33,38)(H,34,39)/t22-,23-,24-,25?,30+/m0/s1. The van der Waals surface area contributed by atoms with Gasteiger partial charge in [-0.05, 0) is 43.6 Å². The molecule has 2 rings (SSSR count). The Morgan fingerprint density at radius 1 is 0.909 bits per heavy atom. The number of hydrogen-bond donors (Lipinski definition) is 4. The number of rotatable bonds is 20. The van der Waals surface area contributed by atoms with Crippen LogP contribution in [0.2, 0.25) is 0 Å². The molecule has 4 N–H and O–H groups in total. The number of nitrogens with one attached hydrogen (secondary N) is 4. The summed E-state index contributed by atoms with van der Waals surface area (Å²) < 4.78 is 25.8. The molecule has 1 unspecified atom stereocenters. The summed E-state index contributed by atoms with van der Waals surface area (Å²) in [7, 11) is -0.625. The maximum absolute atomic E-state index is 13.5. The van der Waals surface area contributed by atoms with Gasteiger partial charge in [0.1, 0.15) is 23.7 Å². The molecule has 1 aliphatic heterocycles. The Balaban J connectivity index is 2.20. The van der Waals surface area contributed by atoms with Crippen molar-refractivity contribution in [1.29, 1.82) is 0 Å². The minimum absolute atomic E-state index is 0.0233. The summed E-state index contributed by atoms with van der Waals surface area (Å²) in [4.78, 5) is 65.2. The van der Waals surface area contributed by atoms with Gasteiger partial charge in [0.05, 0.1) is 19.3 Å². The minimum Gasteiger partial charge on any atom is -0.361 e. The summed E-state index contributed by atoms with van der Waals surface area (Å²) in [6.45, 7) is 9.72. The molecular formula is C30H45N4O9P. The fraction of sp³-hybridized carbons (Fsp3) is 0.633. The van der Waals surface area contributed by atoms with Crippen LogP contribution in [0.1, 0.15) is 59.9 Å². The van der Waals surface area contributed by atoms with E-state index in [4.69, 9.17) is 9.47 Å². The van der Waals surface area contributed by atoms with E-state index in [1.165, 1.54) is 6.92 Å². The lowest BCUT2D eigenvalue weighted by atomic mass is 9.92. The van der Waals surface area contributed by atoms with Crippen molar-refractivity contribution in [3.05, 3.63) is 35.9 Å². The summed E-state index contributed by atoms with van der Waals surface area (Å²) in [6, 6.07) is 5.36. The second-order valence-electron chi connectivity index (χ2n) is 11.8. The van der Waals surface area contributed by atoms with Gasteiger partial charge in [-0.15, -0.1) is 0 Å². The number of carbonyl (C=O) groups is 5. The fourth-order valence-corrected chi connectivity index (χ4v) is 4.61. The topological polar surface area (TPSA) is 182 Å². The zero-order valence-electron chi connectivity index (χ0n) is 26.2. The van der Waals surface area contributed by atoms with E-state index >= 15 is 0 Å². The molecule has 244 valence electrons. The Bertz CT molecular complexity index is 1140. The first-order chi connectivity index (χ1) is 20.8. The maximum atomic E-state index is 13.5. The highest BCUT2D eigenvalue weighted by Gasteiger charge is 2.51. The lowest BCUT2D eigenvalue weighted by Crippen LogP contribution is -2.60. The highest BCUT2D eigenvalue weighted by atomic mass is 31.1. The fourth-order valence-electron chi connectivity index (χ4n) is 4.49. The van der Waals surface area contributed by atoms with Gasteiger partial charge in [-0.25, -0.2) is 4.57 Å². The van der Waals surface area contributed by atoms with Crippen molar-refractivity contribution in [3.63, 3.8) is 0 Å². The van der Waals surface area contributed by atoms with Crippen LogP contribution in [0.4, 0.5) is 0 Å². The highest BCUT2D eigenvalue weighted by molar-refractivity contribution is 7.17. The third-order valence-corrected chi connectivity index (χ3v) is 7.26. The first-order valence-electron chi connectivity index (χ1n) is 14.7. The van der Waals surface area contributed by atoms with E-state index in [0.29, 0.717) is 12.8 Å². The molecule has 1 saturated heterocycles. The molecule has 14 heteroatoms. The molecule has 0 radical (unpaired) electrons. The predicted molar refractivity (Wildman–Crippen MR) is 161 cm³/mol. The van der Waals surface area contributed by atoms with E-state index in [9.17, 15) is 28.5 Å². The van der Waals surface area contributed by atoms with Gasteiger partial charge in [-0.1, -0.05) is 58.0 Å². The molecule has 0 bridgehead atoms. The Labute approximate surface area is 260 Å². The van der Waals surface area contributed by atoms with Gasteiger partial charge in [0.2, 0.25) is 23.6 Å². The molecule has 1 heterocycles. The smallest absolute Gasteiger partial charge is 0.329 e. The summed E-state index contributed by atoms with van der Waals surface area (Å²) in [5.74, 6) is -2.87. The quantitative estimate of drug-likeness (QED) is 0.0719. The van der Waals surface area contributed by atoms with Gasteiger partial charge >= 0.3 is 8.69 Å². The van der Waals surface area contributed by atoms with Gasteiger partial charge in [0.15, 0.2) is 12.6 Å². The van der Waals surface area contributed by atoms with Crippen molar-refractivity contribution < 1.29 is 42.5 Å². The average molecular weight is 637 g/mol. The van der Waals surface area contributed by atoms with Crippen molar-refractivity contribution in [2.75, 3.05) is 20.0 Å². The van der Waals surface area contributed by atoms with Crippen LogP contribution in [0.5, 0.6) is 0 Å². The lowest BCUT2D eigenvalue weighted by molar-refractivity contribution is -0.137. The van der Waals surface area contributed by atoms with Crippen LogP contribution < -0.4 is 21.3 Å². The van der Waals surface area contributed by atoms with Crippen LogP contribution in [0.25, 0.3) is 0 Å². The van der Waals surface area contributed by atoms with Crippen LogP contribution in [0, 0.1) is 11.8 Å². The summed E-state index contributed by atoms with van der Waals surface area (Å²) in [6.07, 6.45) is 1.06. The molecule has 44 heavy (non-hydrogen) atoms. The SMILES string of the molecule is CC(=O)N[C@@H](CCc1ccccc1)C(=O)N[C@@H](CC(C)C)C(=O)N[C@@H](COCOP=O)C(=O)NC(C(=O)[C@@]1(C)CO1)C(C)C. The molecule has 1 aliphatic rings. The third-order valence-electron chi connectivity index (χ3n) is 7.05. The van der Waals surface area contributed by atoms with Crippen LogP contribution in [0.3, 0.4) is 0 Å². The first kappa shape index (κ1) is 36.9. The second-order valence-corrected chi connectivity index (χ2v) is 12.2. The Hall–Kier alpha value is -3.25. The predicted octanol–water partition coefficient (Wildman–Crippen LogP) is 1.84. The molecule has 1 fully saturated rings. The molecule has 0 aromatic heterocycles. The van der Waals surface area contributed by atoms with Crippen molar-refractivity contribution in [2.24, 2.45) is 11.8 Å². The number of aryl methyl sites for hydroxylation is 1. The van der Waals surface area contributed by atoms with E-state index in [-0.39, 0.29) is 37.3 Å². The van der Waals surface area contributed by atoms with Crippen LogP contribution >= 0.6 is 8.69 Å². The molecule has 4 amide bonds. The van der Waals surface area contributed by atoms with E-state index in [0.717, 1.165) is 5.56 Å². The zero-order chi connectivity index (χ0) is 32.9. The number of ketones is 1. The molecule has 1 aromatic carbocycles. The minimum atomic E-state index is -1.29. The Kier molecular flexibility index (Phi) is 15.0. The zero-order valence-corrected chi connectivity index (χ0v) is 27.1. The molecule has 5 atom stereocenters. The van der Waals surface area contributed by atoms with Crippen molar-refractivity contribution in [3.8, 4) is 0 Å². The summed E-state index contributed by atoms with van der Waals surface area (Å²) >= 11 is 0.